The summed E-state index contributed by atoms with van der Waals surface area (Å²) in [4.78, 5) is 5.41. The van der Waals surface area contributed by atoms with E-state index in [2.05, 4.69) is 11.1 Å². The molecular formula is C15H10N2OS2. The van der Waals surface area contributed by atoms with E-state index in [0.29, 0.717) is 5.56 Å². The van der Waals surface area contributed by atoms with Gasteiger partial charge in [0.1, 0.15) is 6.07 Å². The highest BCUT2D eigenvalue weighted by atomic mass is 32.2. The Hall–Kier alpha value is -1.87. The van der Waals surface area contributed by atoms with Crippen LogP contribution in [0.15, 0.2) is 51.7 Å². The smallest absolute Gasteiger partial charge is 0.155 e. The molecule has 0 radical (unpaired) electrons. The molecule has 0 bridgehead atoms. The molecule has 3 rings (SSSR count). The number of para-hydroxylation sites is 1. The summed E-state index contributed by atoms with van der Waals surface area (Å²) in [6.07, 6.45) is 0. The number of aromatic nitrogens is 1. The van der Waals surface area contributed by atoms with Gasteiger partial charge in [0.25, 0.3) is 0 Å². The van der Waals surface area contributed by atoms with Crippen LogP contribution in [-0.2, 0) is 6.61 Å². The second-order valence-electron chi connectivity index (χ2n) is 4.15. The third-order valence-corrected chi connectivity index (χ3v) is 4.99. The number of aliphatic hydroxyl groups is 1. The van der Waals surface area contributed by atoms with Crippen molar-refractivity contribution >= 4 is 33.3 Å². The van der Waals surface area contributed by atoms with Crippen LogP contribution in [0, 0.1) is 11.3 Å². The molecule has 0 aliphatic carbocycles. The van der Waals surface area contributed by atoms with Crippen LogP contribution in [0.1, 0.15) is 11.1 Å². The van der Waals surface area contributed by atoms with Crippen LogP contribution in [0.5, 0.6) is 0 Å². The first kappa shape index (κ1) is 13.1. The van der Waals surface area contributed by atoms with Gasteiger partial charge in [-0.2, -0.15) is 5.26 Å². The van der Waals surface area contributed by atoms with E-state index in [1.54, 1.807) is 17.4 Å². The number of fused-ring (bicyclic) bond motifs is 1. The monoisotopic (exact) mass is 298 g/mol. The molecule has 0 aliphatic heterocycles. The largest absolute Gasteiger partial charge is 0.392 e. The SMILES string of the molecule is N#Cc1cc(CO)ccc1Sc1nc2ccccc2s1. The van der Waals surface area contributed by atoms with Crippen molar-refractivity contribution < 1.29 is 5.11 Å². The van der Waals surface area contributed by atoms with Crippen LogP contribution in [0.2, 0.25) is 0 Å². The highest BCUT2D eigenvalue weighted by Crippen LogP contribution is 2.35. The van der Waals surface area contributed by atoms with Crippen LogP contribution >= 0.6 is 23.1 Å². The first-order valence-electron chi connectivity index (χ1n) is 5.97. The van der Waals surface area contributed by atoms with Crippen molar-refractivity contribution in [2.75, 3.05) is 0 Å². The van der Waals surface area contributed by atoms with Crippen molar-refractivity contribution in [1.82, 2.24) is 4.98 Å². The van der Waals surface area contributed by atoms with Crippen molar-refractivity contribution in [3.05, 3.63) is 53.6 Å². The van der Waals surface area contributed by atoms with E-state index in [-0.39, 0.29) is 6.61 Å². The van der Waals surface area contributed by atoms with Gasteiger partial charge in [-0.15, -0.1) is 11.3 Å². The minimum absolute atomic E-state index is 0.0548. The number of rotatable bonds is 3. The van der Waals surface area contributed by atoms with E-state index in [1.807, 2.05) is 36.4 Å². The van der Waals surface area contributed by atoms with Crippen molar-refractivity contribution in [3.63, 3.8) is 0 Å². The molecule has 2 aromatic carbocycles. The number of nitriles is 1. The van der Waals surface area contributed by atoms with E-state index in [4.69, 9.17) is 5.11 Å². The molecule has 1 N–H and O–H groups in total. The number of aliphatic hydroxyl groups excluding tert-OH is 1. The first-order valence-corrected chi connectivity index (χ1v) is 7.61. The highest BCUT2D eigenvalue weighted by Gasteiger charge is 2.09. The Labute approximate surface area is 124 Å². The summed E-state index contributed by atoms with van der Waals surface area (Å²) in [6, 6.07) is 15.6. The fraction of sp³-hybridized carbons (Fsp3) is 0.0667. The molecule has 0 fully saturated rings. The van der Waals surface area contributed by atoms with Gasteiger partial charge in [0, 0.05) is 4.90 Å². The normalized spacial score (nSPS) is 10.6. The lowest BCUT2D eigenvalue weighted by Gasteiger charge is -2.03. The van der Waals surface area contributed by atoms with Gasteiger partial charge in [-0.1, -0.05) is 30.0 Å². The maximum absolute atomic E-state index is 9.19. The van der Waals surface area contributed by atoms with E-state index in [1.165, 1.54) is 11.8 Å². The van der Waals surface area contributed by atoms with Crippen LogP contribution in [-0.4, -0.2) is 10.1 Å². The van der Waals surface area contributed by atoms with Crippen LogP contribution in [0.25, 0.3) is 10.2 Å². The molecule has 3 nitrogen and oxygen atoms in total. The lowest BCUT2D eigenvalue weighted by Crippen LogP contribution is -1.87. The number of hydrogen-bond donors (Lipinski definition) is 1. The number of nitrogens with zero attached hydrogens (tertiary/aromatic N) is 2. The fourth-order valence-electron chi connectivity index (χ4n) is 1.84. The topological polar surface area (TPSA) is 56.9 Å². The zero-order valence-electron chi connectivity index (χ0n) is 10.4. The second kappa shape index (κ2) is 5.63. The van der Waals surface area contributed by atoms with Crippen LogP contribution < -0.4 is 0 Å². The number of benzene rings is 2. The quantitative estimate of drug-likeness (QED) is 0.799. The maximum Gasteiger partial charge on any atom is 0.155 e. The zero-order chi connectivity index (χ0) is 13.9. The summed E-state index contributed by atoms with van der Waals surface area (Å²) in [5.74, 6) is 0. The Bertz CT molecular complexity index is 772. The van der Waals surface area contributed by atoms with Gasteiger partial charge < -0.3 is 5.11 Å². The Morgan fingerprint density at radius 3 is 2.85 bits per heavy atom. The minimum atomic E-state index is -0.0548. The summed E-state index contributed by atoms with van der Waals surface area (Å²) in [6.45, 7) is -0.0548. The van der Waals surface area contributed by atoms with Gasteiger partial charge >= 0.3 is 0 Å². The summed E-state index contributed by atoms with van der Waals surface area (Å²) >= 11 is 3.10. The predicted octanol–water partition coefficient (Wildman–Crippen LogP) is 3.81. The van der Waals surface area contributed by atoms with Crippen molar-refractivity contribution in [2.24, 2.45) is 0 Å². The lowest BCUT2D eigenvalue weighted by atomic mass is 10.1. The van der Waals surface area contributed by atoms with Gasteiger partial charge in [-0.3, -0.25) is 0 Å². The van der Waals surface area contributed by atoms with Crippen molar-refractivity contribution in [1.29, 1.82) is 5.26 Å². The summed E-state index contributed by atoms with van der Waals surface area (Å²) < 4.78 is 2.06. The Balaban J connectivity index is 1.96. The summed E-state index contributed by atoms with van der Waals surface area (Å²) in [5.41, 5.74) is 2.29. The maximum atomic E-state index is 9.19. The van der Waals surface area contributed by atoms with Crippen LogP contribution in [0.4, 0.5) is 0 Å². The van der Waals surface area contributed by atoms with Crippen molar-refractivity contribution in [3.8, 4) is 6.07 Å². The molecule has 98 valence electrons. The summed E-state index contributed by atoms with van der Waals surface area (Å²) in [7, 11) is 0. The van der Waals surface area contributed by atoms with E-state index in [0.717, 1.165) is 25.0 Å². The highest BCUT2D eigenvalue weighted by molar-refractivity contribution is 8.01. The molecule has 20 heavy (non-hydrogen) atoms. The third kappa shape index (κ3) is 2.54. The molecular weight excluding hydrogens is 288 g/mol. The molecule has 1 aromatic heterocycles. The first-order chi connectivity index (χ1) is 9.80. The Kier molecular flexibility index (Phi) is 3.70. The van der Waals surface area contributed by atoms with Gasteiger partial charge in [0.15, 0.2) is 4.34 Å². The lowest BCUT2D eigenvalue weighted by molar-refractivity contribution is 0.281. The Morgan fingerprint density at radius 2 is 2.10 bits per heavy atom. The molecule has 0 spiro atoms. The molecule has 0 atom stereocenters. The second-order valence-corrected chi connectivity index (χ2v) is 6.47. The van der Waals surface area contributed by atoms with E-state index >= 15 is 0 Å². The minimum Gasteiger partial charge on any atom is -0.392 e. The number of thiazole rings is 1. The predicted molar refractivity (Wildman–Crippen MR) is 80.8 cm³/mol. The van der Waals surface area contributed by atoms with E-state index < -0.39 is 0 Å². The molecule has 5 heteroatoms. The van der Waals surface area contributed by atoms with Gasteiger partial charge in [0.05, 0.1) is 22.4 Å². The summed E-state index contributed by atoms with van der Waals surface area (Å²) in [5, 5.41) is 18.3. The fourth-order valence-corrected chi connectivity index (χ4v) is 3.93. The van der Waals surface area contributed by atoms with Gasteiger partial charge in [-0.05, 0) is 29.8 Å². The zero-order valence-corrected chi connectivity index (χ0v) is 12.0. The molecule has 0 saturated heterocycles. The molecule has 3 aromatic rings. The average Bonchev–Trinajstić information content (AvgIpc) is 2.90. The molecule has 0 aliphatic rings. The molecule has 0 amide bonds. The average molecular weight is 298 g/mol. The molecule has 0 unspecified atom stereocenters. The van der Waals surface area contributed by atoms with Gasteiger partial charge in [0.2, 0.25) is 0 Å². The number of hydrogen-bond acceptors (Lipinski definition) is 5. The van der Waals surface area contributed by atoms with E-state index in [9.17, 15) is 5.26 Å². The molecule has 0 saturated carbocycles. The van der Waals surface area contributed by atoms with Crippen LogP contribution in [0.3, 0.4) is 0 Å². The standard InChI is InChI=1S/C15H10N2OS2/c16-8-11-7-10(9-18)5-6-13(11)19-15-17-12-3-1-2-4-14(12)20-15/h1-7,18H,9H2. The molecule has 1 heterocycles. The van der Waals surface area contributed by atoms with Gasteiger partial charge in [-0.25, -0.2) is 4.98 Å². The Morgan fingerprint density at radius 1 is 1.25 bits per heavy atom. The van der Waals surface area contributed by atoms with Crippen molar-refractivity contribution in [2.45, 2.75) is 15.8 Å². The third-order valence-electron chi connectivity index (χ3n) is 2.82.